The highest BCUT2D eigenvalue weighted by Gasteiger charge is 2.29. The molecule has 1 aliphatic rings. The summed E-state index contributed by atoms with van der Waals surface area (Å²) in [6, 6.07) is 6.01. The molecule has 1 atom stereocenters. The zero-order valence-corrected chi connectivity index (χ0v) is 12.3. The number of methoxy groups -OCH3 is 2. The molecule has 0 aliphatic carbocycles. The molecule has 0 radical (unpaired) electrons. The average Bonchev–Trinajstić information content (AvgIpc) is 2.96. The number of nitrogens with one attached hydrogen (secondary N) is 1. The fourth-order valence-electron chi connectivity index (χ4n) is 2.72. The number of nitrogens with zero attached hydrogens (tertiary/aromatic N) is 1. The zero-order valence-electron chi connectivity index (χ0n) is 12.3. The summed E-state index contributed by atoms with van der Waals surface area (Å²) in [5.74, 6) is 1.56. The number of ether oxygens (including phenoxy) is 2. The van der Waals surface area contributed by atoms with E-state index < -0.39 is 0 Å². The maximum atomic E-state index is 12.1. The molecule has 0 saturated carbocycles. The van der Waals surface area contributed by atoms with E-state index in [9.17, 15) is 4.79 Å². The molecule has 0 bridgehead atoms. The second-order valence-electron chi connectivity index (χ2n) is 4.89. The molecule has 1 aromatic rings. The topological polar surface area (TPSA) is 50.8 Å². The lowest BCUT2D eigenvalue weighted by Gasteiger charge is -2.25. The molecule has 1 aromatic carbocycles. The molecule has 20 heavy (non-hydrogen) atoms. The molecule has 5 nitrogen and oxygen atoms in total. The number of carbonyl (C=O) groups is 1. The van der Waals surface area contributed by atoms with Gasteiger partial charge in [-0.3, -0.25) is 4.79 Å². The molecule has 2 rings (SSSR count). The fraction of sp³-hybridized carbons (Fsp3) is 0.533. The summed E-state index contributed by atoms with van der Waals surface area (Å²) in [6.07, 6.45) is 2.03. The Hall–Kier alpha value is -1.75. The predicted molar refractivity (Wildman–Crippen MR) is 77.2 cm³/mol. The van der Waals surface area contributed by atoms with Gasteiger partial charge in [-0.1, -0.05) is 6.07 Å². The number of amides is 1. The third-order valence-corrected chi connectivity index (χ3v) is 3.69. The molecule has 1 fully saturated rings. The minimum atomic E-state index is 0.135. The van der Waals surface area contributed by atoms with Gasteiger partial charge in [-0.05, 0) is 37.6 Å². The summed E-state index contributed by atoms with van der Waals surface area (Å²) in [4.78, 5) is 14.1. The van der Waals surface area contributed by atoms with Crippen molar-refractivity contribution in [1.29, 1.82) is 0 Å². The largest absolute Gasteiger partial charge is 0.493 e. The number of carbonyl (C=O) groups excluding carboxylic acids is 1. The van der Waals surface area contributed by atoms with Crippen LogP contribution < -0.4 is 14.8 Å². The highest BCUT2D eigenvalue weighted by atomic mass is 16.5. The van der Waals surface area contributed by atoms with Crippen LogP contribution in [0.4, 0.5) is 0 Å². The minimum Gasteiger partial charge on any atom is -0.493 e. The van der Waals surface area contributed by atoms with Crippen molar-refractivity contribution in [3.63, 3.8) is 0 Å². The lowest BCUT2D eigenvalue weighted by Crippen LogP contribution is -2.36. The van der Waals surface area contributed by atoms with Gasteiger partial charge in [-0.25, -0.2) is 0 Å². The monoisotopic (exact) mass is 278 g/mol. The van der Waals surface area contributed by atoms with Crippen LogP contribution in [0.25, 0.3) is 0 Å². The standard InChI is InChI=1S/C15H22N2O3/c1-16-10-15(18)17-8-4-5-12(17)11-6-7-13(19-2)14(9-11)20-3/h6-7,9,12,16H,4-5,8,10H2,1-3H3. The first kappa shape index (κ1) is 14.7. The Morgan fingerprint density at radius 3 is 2.75 bits per heavy atom. The van der Waals surface area contributed by atoms with Gasteiger partial charge in [0.25, 0.3) is 0 Å². The summed E-state index contributed by atoms with van der Waals surface area (Å²) in [7, 11) is 5.04. The average molecular weight is 278 g/mol. The lowest BCUT2D eigenvalue weighted by atomic mass is 10.0. The first-order valence-corrected chi connectivity index (χ1v) is 6.87. The van der Waals surface area contributed by atoms with E-state index in [2.05, 4.69) is 5.32 Å². The SMILES string of the molecule is CNCC(=O)N1CCCC1c1ccc(OC)c(OC)c1. The van der Waals surface area contributed by atoms with Gasteiger partial charge < -0.3 is 19.7 Å². The van der Waals surface area contributed by atoms with E-state index >= 15 is 0 Å². The summed E-state index contributed by atoms with van der Waals surface area (Å²) in [6.45, 7) is 1.20. The highest BCUT2D eigenvalue weighted by Crippen LogP contribution is 2.36. The van der Waals surface area contributed by atoms with Crippen molar-refractivity contribution in [2.45, 2.75) is 18.9 Å². The van der Waals surface area contributed by atoms with Crippen molar-refractivity contribution in [3.05, 3.63) is 23.8 Å². The Kier molecular flexibility index (Phi) is 4.84. The molecule has 0 spiro atoms. The molecule has 1 saturated heterocycles. The third kappa shape index (κ3) is 2.88. The van der Waals surface area contributed by atoms with Crippen LogP contribution in [0.2, 0.25) is 0 Å². The lowest BCUT2D eigenvalue weighted by molar-refractivity contribution is -0.131. The molecule has 1 unspecified atom stereocenters. The number of hydrogen-bond donors (Lipinski definition) is 1. The number of rotatable bonds is 5. The van der Waals surface area contributed by atoms with Crippen molar-refractivity contribution >= 4 is 5.91 Å². The van der Waals surface area contributed by atoms with Crippen LogP contribution in [0, 0.1) is 0 Å². The van der Waals surface area contributed by atoms with Crippen molar-refractivity contribution in [3.8, 4) is 11.5 Å². The van der Waals surface area contributed by atoms with Gasteiger partial charge in [0, 0.05) is 6.54 Å². The Bertz CT molecular complexity index is 476. The Morgan fingerprint density at radius 2 is 2.10 bits per heavy atom. The molecule has 5 heteroatoms. The van der Waals surface area contributed by atoms with E-state index in [1.807, 2.05) is 23.1 Å². The molecule has 1 heterocycles. The summed E-state index contributed by atoms with van der Waals surface area (Å²) in [5, 5.41) is 2.92. The normalized spacial score (nSPS) is 18.1. The highest BCUT2D eigenvalue weighted by molar-refractivity contribution is 5.79. The summed E-state index contributed by atoms with van der Waals surface area (Å²) >= 11 is 0. The molecule has 110 valence electrons. The Morgan fingerprint density at radius 1 is 1.35 bits per heavy atom. The Labute approximate surface area is 119 Å². The Balaban J connectivity index is 2.23. The van der Waals surface area contributed by atoms with Gasteiger partial charge in [-0.2, -0.15) is 0 Å². The molecular formula is C15H22N2O3. The molecule has 0 aromatic heterocycles. The number of likely N-dealkylation sites (N-methyl/N-ethyl adjacent to an activating group) is 1. The van der Waals surface area contributed by atoms with Crippen LogP contribution in [0.15, 0.2) is 18.2 Å². The van der Waals surface area contributed by atoms with Gasteiger partial charge >= 0.3 is 0 Å². The predicted octanol–water partition coefficient (Wildman–Crippen LogP) is 1.59. The van der Waals surface area contributed by atoms with Gasteiger partial charge in [0.2, 0.25) is 5.91 Å². The van der Waals surface area contributed by atoms with E-state index in [1.165, 1.54) is 0 Å². The van der Waals surface area contributed by atoms with Gasteiger partial charge in [0.15, 0.2) is 11.5 Å². The second kappa shape index (κ2) is 6.61. The van der Waals surface area contributed by atoms with Crippen molar-refractivity contribution in [1.82, 2.24) is 10.2 Å². The maximum Gasteiger partial charge on any atom is 0.237 e. The molecule has 1 amide bonds. The van der Waals surface area contributed by atoms with Gasteiger partial charge in [0.1, 0.15) is 0 Å². The van der Waals surface area contributed by atoms with E-state index in [1.54, 1.807) is 21.3 Å². The van der Waals surface area contributed by atoms with Gasteiger partial charge in [-0.15, -0.1) is 0 Å². The van der Waals surface area contributed by atoms with Crippen LogP contribution in [0.1, 0.15) is 24.4 Å². The molecular weight excluding hydrogens is 256 g/mol. The summed E-state index contributed by atoms with van der Waals surface area (Å²) < 4.78 is 10.6. The van der Waals surface area contributed by atoms with Crippen LogP contribution in [-0.4, -0.2) is 45.2 Å². The van der Waals surface area contributed by atoms with E-state index in [4.69, 9.17) is 9.47 Å². The minimum absolute atomic E-state index is 0.135. The van der Waals surface area contributed by atoms with Crippen LogP contribution in [0.5, 0.6) is 11.5 Å². The van der Waals surface area contributed by atoms with E-state index in [0.29, 0.717) is 18.0 Å². The van der Waals surface area contributed by atoms with Gasteiger partial charge in [0.05, 0.1) is 26.8 Å². The van der Waals surface area contributed by atoms with Crippen molar-refractivity contribution in [2.75, 3.05) is 34.4 Å². The van der Waals surface area contributed by atoms with Crippen molar-refractivity contribution in [2.24, 2.45) is 0 Å². The smallest absolute Gasteiger partial charge is 0.237 e. The quantitative estimate of drug-likeness (QED) is 0.888. The number of benzene rings is 1. The van der Waals surface area contributed by atoms with E-state index in [0.717, 1.165) is 24.9 Å². The first-order chi connectivity index (χ1) is 9.71. The zero-order chi connectivity index (χ0) is 14.5. The number of likely N-dealkylation sites (tertiary alicyclic amines) is 1. The van der Waals surface area contributed by atoms with Crippen LogP contribution in [-0.2, 0) is 4.79 Å². The first-order valence-electron chi connectivity index (χ1n) is 6.87. The third-order valence-electron chi connectivity index (χ3n) is 3.69. The fourth-order valence-corrected chi connectivity index (χ4v) is 2.72. The maximum absolute atomic E-state index is 12.1. The van der Waals surface area contributed by atoms with Crippen LogP contribution in [0.3, 0.4) is 0 Å². The second-order valence-corrected chi connectivity index (χ2v) is 4.89. The van der Waals surface area contributed by atoms with E-state index in [-0.39, 0.29) is 11.9 Å². The number of hydrogen-bond acceptors (Lipinski definition) is 4. The van der Waals surface area contributed by atoms with Crippen LogP contribution >= 0.6 is 0 Å². The molecule has 1 N–H and O–H groups in total. The summed E-state index contributed by atoms with van der Waals surface area (Å²) in [5.41, 5.74) is 1.10. The van der Waals surface area contributed by atoms with Crippen molar-refractivity contribution < 1.29 is 14.3 Å². The molecule has 1 aliphatic heterocycles.